The van der Waals surface area contributed by atoms with Crippen LogP contribution in [0.1, 0.15) is 74.4 Å². The summed E-state index contributed by atoms with van der Waals surface area (Å²) in [5.41, 5.74) is 2.11. The van der Waals surface area contributed by atoms with E-state index in [0.717, 1.165) is 55.3 Å². The van der Waals surface area contributed by atoms with Gasteiger partial charge in [-0.2, -0.15) is 0 Å². The van der Waals surface area contributed by atoms with Crippen LogP contribution in [0.5, 0.6) is 0 Å². The molecule has 164 valence electrons. The van der Waals surface area contributed by atoms with Gasteiger partial charge in [-0.1, -0.05) is 19.3 Å². The number of rotatable bonds is 5. The molecule has 7 heteroatoms. The lowest BCUT2D eigenvalue weighted by molar-refractivity contribution is -0.136. The number of hydrogen-bond acceptors (Lipinski definition) is 5. The van der Waals surface area contributed by atoms with Gasteiger partial charge in [0.25, 0.3) is 0 Å². The summed E-state index contributed by atoms with van der Waals surface area (Å²) in [6.45, 7) is 4.31. The molecule has 1 saturated heterocycles. The number of carbonyl (C=O) groups excluding carboxylic acids is 2. The minimum Gasteiger partial charge on any atom is -0.375 e. The quantitative estimate of drug-likeness (QED) is 0.740. The number of aryl methyl sites for hydroxylation is 1. The topological polar surface area (TPSA) is 75.6 Å². The molecule has 3 aliphatic rings. The smallest absolute Gasteiger partial charge is 0.248 e. The average Bonchev–Trinajstić information content (AvgIpc) is 2.76. The first-order valence-electron chi connectivity index (χ1n) is 11.5. The number of anilines is 1. The molecule has 2 amide bonds. The molecule has 0 aromatic carbocycles. The highest BCUT2D eigenvalue weighted by Crippen LogP contribution is 2.34. The normalized spacial score (nSPS) is 22.9. The second-order valence-corrected chi connectivity index (χ2v) is 9.09. The predicted molar refractivity (Wildman–Crippen MR) is 114 cm³/mol. The van der Waals surface area contributed by atoms with Crippen molar-refractivity contribution in [3.63, 3.8) is 0 Å². The minimum atomic E-state index is 0.0194. The van der Waals surface area contributed by atoms with E-state index in [2.05, 4.69) is 0 Å². The van der Waals surface area contributed by atoms with Crippen LogP contribution in [0.2, 0.25) is 0 Å². The van der Waals surface area contributed by atoms with Gasteiger partial charge in [-0.3, -0.25) is 14.5 Å². The molecular formula is C23H34N4O3. The van der Waals surface area contributed by atoms with Crippen molar-refractivity contribution in [2.45, 2.75) is 70.6 Å². The number of likely N-dealkylation sites (tertiary alicyclic amines) is 1. The number of ether oxygens (including phenoxy) is 1. The van der Waals surface area contributed by atoms with E-state index in [0.29, 0.717) is 18.9 Å². The molecule has 4 rings (SSSR count). The lowest BCUT2D eigenvalue weighted by atomic mass is 9.88. The number of hydrogen-bond donors (Lipinski definition) is 0. The van der Waals surface area contributed by atoms with Gasteiger partial charge >= 0.3 is 0 Å². The number of methoxy groups -OCH3 is 1. The molecule has 1 aromatic heterocycles. The van der Waals surface area contributed by atoms with Gasteiger partial charge in [0.1, 0.15) is 18.2 Å². The predicted octanol–water partition coefficient (Wildman–Crippen LogP) is 3.00. The maximum absolute atomic E-state index is 12.8. The monoisotopic (exact) mass is 414 g/mol. The summed E-state index contributed by atoms with van der Waals surface area (Å²) >= 11 is 0. The van der Waals surface area contributed by atoms with Gasteiger partial charge in [0, 0.05) is 50.3 Å². The third kappa shape index (κ3) is 4.51. The summed E-state index contributed by atoms with van der Waals surface area (Å²) in [6.07, 6.45) is 9.42. The largest absolute Gasteiger partial charge is 0.375 e. The van der Waals surface area contributed by atoms with Crippen molar-refractivity contribution >= 4 is 17.6 Å². The molecule has 30 heavy (non-hydrogen) atoms. The van der Waals surface area contributed by atoms with Crippen LogP contribution in [-0.4, -0.2) is 60.0 Å². The van der Waals surface area contributed by atoms with E-state index >= 15 is 0 Å². The number of nitrogens with zero attached hydrogens (tertiary/aromatic N) is 4. The average molecular weight is 415 g/mol. The van der Waals surface area contributed by atoms with Gasteiger partial charge in [0.2, 0.25) is 11.8 Å². The maximum atomic E-state index is 12.8. The van der Waals surface area contributed by atoms with Crippen molar-refractivity contribution in [2.24, 2.45) is 5.92 Å². The lowest BCUT2D eigenvalue weighted by Gasteiger charge is -2.35. The van der Waals surface area contributed by atoms with E-state index in [4.69, 9.17) is 14.7 Å². The van der Waals surface area contributed by atoms with E-state index < -0.39 is 0 Å². The standard InChI is InChI=1S/C23H34N4O3/c1-16-19-10-11-20(28)27(13-17-7-4-3-5-8-17)23(19)25-22(24-16)18-9-6-12-26(14-18)21(29)15-30-2/h17-18H,3-15H2,1-2H3/t18-/m1/s1. The molecule has 1 aliphatic carbocycles. The first kappa shape index (κ1) is 21.2. The molecule has 0 unspecified atom stereocenters. The second-order valence-electron chi connectivity index (χ2n) is 9.09. The van der Waals surface area contributed by atoms with E-state index in [-0.39, 0.29) is 24.3 Å². The molecule has 3 heterocycles. The highest BCUT2D eigenvalue weighted by Gasteiger charge is 2.33. The Kier molecular flexibility index (Phi) is 6.66. The SMILES string of the molecule is COCC(=O)N1CCC[C@@H](c2nc(C)c3c(n2)N(CC2CCCCC2)C(=O)CC3)C1. The molecule has 0 radical (unpaired) electrons. The van der Waals surface area contributed by atoms with Crippen molar-refractivity contribution < 1.29 is 14.3 Å². The summed E-state index contributed by atoms with van der Waals surface area (Å²) in [5.74, 6) is 2.51. The van der Waals surface area contributed by atoms with Crippen LogP contribution in [0.25, 0.3) is 0 Å². The van der Waals surface area contributed by atoms with Crippen LogP contribution in [0, 0.1) is 12.8 Å². The van der Waals surface area contributed by atoms with Crippen molar-refractivity contribution in [1.82, 2.24) is 14.9 Å². The fourth-order valence-electron chi connectivity index (χ4n) is 5.23. The highest BCUT2D eigenvalue weighted by molar-refractivity contribution is 5.95. The summed E-state index contributed by atoms with van der Waals surface area (Å²) in [5, 5.41) is 0. The fourth-order valence-corrected chi connectivity index (χ4v) is 5.23. The number of carbonyl (C=O) groups is 2. The van der Waals surface area contributed by atoms with Crippen molar-refractivity contribution in [1.29, 1.82) is 0 Å². The Morgan fingerprint density at radius 3 is 2.67 bits per heavy atom. The van der Waals surface area contributed by atoms with Crippen LogP contribution in [0.3, 0.4) is 0 Å². The molecule has 0 spiro atoms. The Hall–Kier alpha value is -2.02. The number of aromatic nitrogens is 2. The first-order chi connectivity index (χ1) is 14.6. The molecule has 7 nitrogen and oxygen atoms in total. The third-order valence-corrected chi connectivity index (χ3v) is 6.93. The molecular weight excluding hydrogens is 380 g/mol. The van der Waals surface area contributed by atoms with Gasteiger partial charge < -0.3 is 9.64 Å². The van der Waals surface area contributed by atoms with Crippen LogP contribution in [-0.2, 0) is 20.7 Å². The van der Waals surface area contributed by atoms with Gasteiger partial charge in [-0.25, -0.2) is 9.97 Å². The van der Waals surface area contributed by atoms with Crippen molar-refractivity contribution in [2.75, 3.05) is 38.3 Å². The zero-order valence-electron chi connectivity index (χ0n) is 18.4. The Morgan fingerprint density at radius 2 is 1.90 bits per heavy atom. The second kappa shape index (κ2) is 9.41. The Labute approximate surface area is 179 Å². The summed E-state index contributed by atoms with van der Waals surface area (Å²) in [7, 11) is 1.55. The Bertz CT molecular complexity index is 791. The number of piperidine rings is 1. The molecule has 2 aliphatic heterocycles. The number of fused-ring (bicyclic) bond motifs is 1. The summed E-state index contributed by atoms with van der Waals surface area (Å²) in [4.78, 5) is 38.7. The van der Waals surface area contributed by atoms with E-state index in [1.165, 1.54) is 32.1 Å². The maximum Gasteiger partial charge on any atom is 0.248 e. The molecule has 0 bridgehead atoms. The molecule has 0 N–H and O–H groups in total. The van der Waals surface area contributed by atoms with Gasteiger partial charge in [0.15, 0.2) is 0 Å². The third-order valence-electron chi connectivity index (χ3n) is 6.93. The fraction of sp³-hybridized carbons (Fsp3) is 0.739. The highest BCUT2D eigenvalue weighted by atomic mass is 16.5. The Balaban J connectivity index is 1.58. The molecule has 1 aromatic rings. The zero-order valence-corrected chi connectivity index (χ0v) is 18.4. The van der Waals surface area contributed by atoms with Crippen molar-refractivity contribution in [3.05, 3.63) is 17.1 Å². The van der Waals surface area contributed by atoms with Crippen molar-refractivity contribution in [3.8, 4) is 0 Å². The summed E-state index contributed by atoms with van der Waals surface area (Å²) < 4.78 is 5.02. The zero-order chi connectivity index (χ0) is 21.1. The van der Waals surface area contributed by atoms with E-state index in [1.54, 1.807) is 7.11 Å². The number of amides is 2. The van der Waals surface area contributed by atoms with Gasteiger partial charge in [0.05, 0.1) is 0 Å². The molecule has 2 fully saturated rings. The van der Waals surface area contributed by atoms with E-state index in [9.17, 15) is 9.59 Å². The minimum absolute atomic E-state index is 0.0194. The molecule has 1 saturated carbocycles. The van der Waals surface area contributed by atoms with Gasteiger partial charge in [-0.05, 0) is 44.9 Å². The van der Waals surface area contributed by atoms with E-state index in [1.807, 2.05) is 16.7 Å². The summed E-state index contributed by atoms with van der Waals surface area (Å²) in [6, 6.07) is 0. The van der Waals surface area contributed by atoms with Crippen LogP contribution in [0.4, 0.5) is 5.82 Å². The van der Waals surface area contributed by atoms with Crippen LogP contribution < -0.4 is 4.90 Å². The van der Waals surface area contributed by atoms with Crippen LogP contribution in [0.15, 0.2) is 0 Å². The van der Waals surface area contributed by atoms with Crippen LogP contribution >= 0.6 is 0 Å². The molecule has 1 atom stereocenters. The Morgan fingerprint density at radius 1 is 1.10 bits per heavy atom. The first-order valence-corrected chi connectivity index (χ1v) is 11.5. The lowest BCUT2D eigenvalue weighted by Crippen LogP contribution is -2.42. The van der Waals surface area contributed by atoms with Gasteiger partial charge in [-0.15, -0.1) is 0 Å².